The Morgan fingerprint density at radius 3 is 2.95 bits per heavy atom. The number of phenolic OH excluding ortho intramolecular Hbond substituents is 1. The monoisotopic (exact) mass is 388 g/mol. The number of hydrogen-bond acceptors (Lipinski definition) is 4. The number of thiazole rings is 1. The molecule has 1 amide bonds. The molecular formula is C13H13IN2O2S. The maximum atomic E-state index is 11.9. The molecule has 0 spiro atoms. The van der Waals surface area contributed by atoms with Crippen LogP contribution in [0, 0.1) is 10.5 Å². The molecule has 6 heteroatoms. The first kappa shape index (κ1) is 14.3. The summed E-state index contributed by atoms with van der Waals surface area (Å²) < 4.78 is 0.729. The highest BCUT2D eigenvalue weighted by atomic mass is 127. The zero-order valence-electron chi connectivity index (χ0n) is 10.3. The van der Waals surface area contributed by atoms with Crippen LogP contribution in [0.4, 0.5) is 0 Å². The van der Waals surface area contributed by atoms with Gasteiger partial charge in [0.05, 0.1) is 8.58 Å². The normalized spacial score (nSPS) is 10.4. The lowest BCUT2D eigenvalue weighted by atomic mass is 10.2. The lowest BCUT2D eigenvalue weighted by molar-refractivity contribution is 0.0953. The molecule has 2 rings (SSSR count). The summed E-state index contributed by atoms with van der Waals surface area (Å²) in [5.74, 6) is -0.0521. The summed E-state index contributed by atoms with van der Waals surface area (Å²) in [6, 6.07) is 4.89. The first-order valence-corrected chi connectivity index (χ1v) is 7.70. The summed E-state index contributed by atoms with van der Waals surface area (Å²) in [5.41, 5.74) is 1.47. The summed E-state index contributed by atoms with van der Waals surface area (Å²) >= 11 is 3.61. The molecule has 2 N–H and O–H groups in total. The van der Waals surface area contributed by atoms with E-state index in [1.165, 1.54) is 6.07 Å². The Kier molecular flexibility index (Phi) is 4.76. The van der Waals surface area contributed by atoms with Gasteiger partial charge in [0.25, 0.3) is 5.91 Å². The predicted molar refractivity (Wildman–Crippen MR) is 83.7 cm³/mol. The molecule has 4 nitrogen and oxygen atoms in total. The second-order valence-electron chi connectivity index (χ2n) is 4.05. The number of carbonyl (C=O) groups is 1. The van der Waals surface area contributed by atoms with Crippen molar-refractivity contribution in [3.63, 3.8) is 0 Å². The molecule has 1 aromatic heterocycles. The number of carbonyl (C=O) groups excluding carboxylic acids is 1. The molecule has 0 bridgehead atoms. The third-order valence-electron chi connectivity index (χ3n) is 2.50. The van der Waals surface area contributed by atoms with Gasteiger partial charge in [-0.25, -0.2) is 4.98 Å². The van der Waals surface area contributed by atoms with Crippen molar-refractivity contribution in [1.29, 1.82) is 0 Å². The molecule has 1 aromatic carbocycles. The summed E-state index contributed by atoms with van der Waals surface area (Å²) in [4.78, 5) is 16.2. The van der Waals surface area contributed by atoms with Crippen LogP contribution in [0.3, 0.4) is 0 Å². The lowest BCUT2D eigenvalue weighted by Crippen LogP contribution is -2.25. The zero-order valence-corrected chi connectivity index (χ0v) is 13.3. The van der Waals surface area contributed by atoms with E-state index in [4.69, 9.17) is 0 Å². The lowest BCUT2D eigenvalue weighted by Gasteiger charge is -2.05. The van der Waals surface area contributed by atoms with Gasteiger partial charge < -0.3 is 10.4 Å². The fourth-order valence-electron chi connectivity index (χ4n) is 1.56. The van der Waals surface area contributed by atoms with E-state index in [2.05, 4.69) is 10.3 Å². The van der Waals surface area contributed by atoms with Crippen molar-refractivity contribution in [1.82, 2.24) is 10.3 Å². The Balaban J connectivity index is 1.89. The van der Waals surface area contributed by atoms with Crippen LogP contribution < -0.4 is 5.32 Å². The number of aryl methyl sites for hydroxylation is 1. The molecule has 100 valence electrons. The van der Waals surface area contributed by atoms with E-state index in [0.717, 1.165) is 20.7 Å². The average Bonchev–Trinajstić information content (AvgIpc) is 2.78. The number of benzene rings is 1. The topological polar surface area (TPSA) is 62.2 Å². The molecule has 2 aromatic rings. The van der Waals surface area contributed by atoms with Gasteiger partial charge in [-0.2, -0.15) is 0 Å². The highest BCUT2D eigenvalue weighted by Gasteiger charge is 2.08. The van der Waals surface area contributed by atoms with E-state index in [1.54, 1.807) is 23.5 Å². The number of rotatable bonds is 4. The largest absolute Gasteiger partial charge is 0.507 e. The Bertz CT molecular complexity index is 598. The first-order valence-electron chi connectivity index (χ1n) is 5.74. The summed E-state index contributed by atoms with van der Waals surface area (Å²) in [6.07, 6.45) is 0.723. The van der Waals surface area contributed by atoms with Crippen LogP contribution in [-0.2, 0) is 6.42 Å². The Morgan fingerprint density at radius 2 is 2.32 bits per heavy atom. The Labute approximate surface area is 129 Å². The summed E-state index contributed by atoms with van der Waals surface area (Å²) in [6.45, 7) is 2.49. The number of nitrogens with one attached hydrogen (secondary N) is 1. The summed E-state index contributed by atoms with van der Waals surface area (Å²) in [5, 5.41) is 15.4. The minimum absolute atomic E-state index is 0.129. The van der Waals surface area contributed by atoms with Crippen LogP contribution >= 0.6 is 33.9 Å². The van der Waals surface area contributed by atoms with Crippen LogP contribution in [0.15, 0.2) is 23.6 Å². The molecule has 0 aliphatic rings. The van der Waals surface area contributed by atoms with Crippen molar-refractivity contribution in [2.24, 2.45) is 0 Å². The van der Waals surface area contributed by atoms with Crippen molar-refractivity contribution in [3.05, 3.63) is 43.4 Å². The van der Waals surface area contributed by atoms with Gasteiger partial charge in [-0.1, -0.05) is 0 Å². The standard InChI is InChI=1S/C13H13IN2O2S/c1-8-7-19-12(16-8)4-5-15-13(18)9-2-3-10(14)11(17)6-9/h2-3,6-7,17H,4-5H2,1H3,(H,15,18). The number of halogens is 1. The molecule has 0 aliphatic carbocycles. The van der Waals surface area contributed by atoms with Gasteiger partial charge in [-0.3, -0.25) is 4.79 Å². The van der Waals surface area contributed by atoms with Gasteiger partial charge >= 0.3 is 0 Å². The zero-order chi connectivity index (χ0) is 13.8. The second-order valence-corrected chi connectivity index (χ2v) is 6.16. The summed E-state index contributed by atoms with van der Waals surface area (Å²) in [7, 11) is 0. The highest BCUT2D eigenvalue weighted by Crippen LogP contribution is 2.20. The van der Waals surface area contributed by atoms with Crippen LogP contribution in [-0.4, -0.2) is 22.5 Å². The van der Waals surface area contributed by atoms with Crippen LogP contribution in [0.2, 0.25) is 0 Å². The quantitative estimate of drug-likeness (QED) is 0.792. The maximum absolute atomic E-state index is 11.9. The minimum Gasteiger partial charge on any atom is -0.507 e. The van der Waals surface area contributed by atoms with Gasteiger partial charge in [0.1, 0.15) is 5.75 Å². The SMILES string of the molecule is Cc1csc(CCNC(=O)c2ccc(I)c(O)c2)n1. The highest BCUT2D eigenvalue weighted by molar-refractivity contribution is 14.1. The third kappa shape index (κ3) is 3.90. The first-order chi connectivity index (χ1) is 9.06. The van der Waals surface area contributed by atoms with E-state index in [1.807, 2.05) is 34.9 Å². The fraction of sp³-hybridized carbons (Fsp3) is 0.231. The van der Waals surface area contributed by atoms with E-state index in [9.17, 15) is 9.90 Å². The molecule has 1 heterocycles. The molecule has 0 saturated carbocycles. The maximum Gasteiger partial charge on any atom is 0.251 e. The van der Waals surface area contributed by atoms with E-state index in [-0.39, 0.29) is 11.7 Å². The fourth-order valence-corrected chi connectivity index (χ4v) is 2.67. The molecule has 0 radical (unpaired) electrons. The van der Waals surface area contributed by atoms with Gasteiger partial charge in [-0.05, 0) is 47.7 Å². The van der Waals surface area contributed by atoms with Crippen LogP contribution in [0.5, 0.6) is 5.75 Å². The number of aromatic hydroxyl groups is 1. The molecule has 0 fully saturated rings. The molecule has 0 aliphatic heterocycles. The smallest absolute Gasteiger partial charge is 0.251 e. The van der Waals surface area contributed by atoms with E-state index < -0.39 is 0 Å². The van der Waals surface area contributed by atoms with E-state index in [0.29, 0.717) is 12.1 Å². The minimum atomic E-state index is -0.181. The predicted octanol–water partition coefficient (Wildman–Crippen LogP) is 2.73. The molecule has 0 saturated heterocycles. The van der Waals surface area contributed by atoms with Crippen LogP contribution in [0.25, 0.3) is 0 Å². The number of phenols is 1. The number of aromatic nitrogens is 1. The van der Waals surface area contributed by atoms with Crippen molar-refractivity contribution in [3.8, 4) is 5.75 Å². The number of hydrogen-bond donors (Lipinski definition) is 2. The number of amides is 1. The third-order valence-corrected chi connectivity index (χ3v) is 4.44. The average molecular weight is 388 g/mol. The van der Waals surface area contributed by atoms with Crippen molar-refractivity contribution < 1.29 is 9.90 Å². The molecule has 19 heavy (non-hydrogen) atoms. The van der Waals surface area contributed by atoms with Crippen molar-refractivity contribution in [2.75, 3.05) is 6.54 Å². The number of nitrogens with zero attached hydrogens (tertiary/aromatic N) is 1. The Hall–Kier alpha value is -1.15. The second kappa shape index (κ2) is 6.33. The van der Waals surface area contributed by atoms with Crippen molar-refractivity contribution >= 4 is 39.8 Å². The van der Waals surface area contributed by atoms with Gasteiger partial charge in [0.2, 0.25) is 0 Å². The van der Waals surface area contributed by atoms with Gasteiger partial charge in [0.15, 0.2) is 0 Å². The van der Waals surface area contributed by atoms with Crippen LogP contribution in [0.1, 0.15) is 21.1 Å². The molecule has 0 atom stereocenters. The Morgan fingerprint density at radius 1 is 1.53 bits per heavy atom. The van der Waals surface area contributed by atoms with Gasteiger partial charge in [-0.15, -0.1) is 11.3 Å². The molecular weight excluding hydrogens is 375 g/mol. The van der Waals surface area contributed by atoms with E-state index >= 15 is 0 Å². The van der Waals surface area contributed by atoms with Gasteiger partial charge in [0, 0.05) is 29.6 Å². The van der Waals surface area contributed by atoms with Crippen molar-refractivity contribution in [2.45, 2.75) is 13.3 Å². The molecule has 0 unspecified atom stereocenters.